The van der Waals surface area contributed by atoms with E-state index in [9.17, 15) is 4.79 Å². The Balaban J connectivity index is 1.38. The molecule has 27 heavy (non-hydrogen) atoms. The second-order valence-electron chi connectivity index (χ2n) is 7.09. The van der Waals surface area contributed by atoms with Crippen LogP contribution in [0.25, 0.3) is 0 Å². The predicted molar refractivity (Wildman–Crippen MR) is 109 cm³/mol. The highest BCUT2D eigenvalue weighted by atomic mass is 16.5. The summed E-state index contributed by atoms with van der Waals surface area (Å²) in [6.07, 6.45) is 3.67. The van der Waals surface area contributed by atoms with E-state index < -0.39 is 0 Å². The maximum Gasteiger partial charge on any atom is 0.220 e. The zero-order valence-electron chi connectivity index (χ0n) is 16.4. The zero-order chi connectivity index (χ0) is 19.1. The molecule has 148 valence electrons. The van der Waals surface area contributed by atoms with Crippen molar-refractivity contribution in [3.05, 3.63) is 24.3 Å². The predicted octanol–water partition coefficient (Wildman–Crippen LogP) is 1.45. The smallest absolute Gasteiger partial charge is 0.220 e. The molecule has 7 heteroatoms. The van der Waals surface area contributed by atoms with Crippen molar-refractivity contribution >= 4 is 17.6 Å². The molecule has 1 aromatic carbocycles. The lowest BCUT2D eigenvalue weighted by atomic mass is 10.2. The Morgan fingerprint density at radius 2 is 1.89 bits per heavy atom. The van der Waals surface area contributed by atoms with Gasteiger partial charge in [0.2, 0.25) is 5.91 Å². The number of hydrogen-bond acceptors (Lipinski definition) is 4. The zero-order valence-corrected chi connectivity index (χ0v) is 16.4. The van der Waals surface area contributed by atoms with Gasteiger partial charge in [0.25, 0.3) is 0 Å². The highest BCUT2D eigenvalue weighted by molar-refractivity contribution is 5.80. The molecule has 1 aliphatic heterocycles. The van der Waals surface area contributed by atoms with Crippen molar-refractivity contribution in [1.82, 2.24) is 15.5 Å². The molecule has 2 aliphatic rings. The van der Waals surface area contributed by atoms with Crippen LogP contribution in [0.4, 0.5) is 5.69 Å². The van der Waals surface area contributed by atoms with Gasteiger partial charge < -0.3 is 25.2 Å². The van der Waals surface area contributed by atoms with E-state index in [-0.39, 0.29) is 5.91 Å². The fourth-order valence-electron chi connectivity index (χ4n) is 3.28. The van der Waals surface area contributed by atoms with E-state index in [2.05, 4.69) is 37.6 Å². The minimum absolute atomic E-state index is 0.169. The summed E-state index contributed by atoms with van der Waals surface area (Å²) >= 11 is 0. The van der Waals surface area contributed by atoms with E-state index >= 15 is 0 Å². The van der Waals surface area contributed by atoms with Crippen LogP contribution in [0.5, 0.6) is 5.75 Å². The lowest BCUT2D eigenvalue weighted by molar-refractivity contribution is -0.121. The summed E-state index contributed by atoms with van der Waals surface area (Å²) in [6.45, 7) is 4.53. The van der Waals surface area contributed by atoms with Gasteiger partial charge in [-0.15, -0.1) is 0 Å². The normalized spacial score (nSPS) is 17.6. The van der Waals surface area contributed by atoms with Crippen LogP contribution in [0, 0.1) is 0 Å². The number of carbonyl (C=O) groups is 1. The molecule has 0 unspecified atom stereocenters. The van der Waals surface area contributed by atoms with E-state index in [1.807, 2.05) is 19.2 Å². The number of amides is 1. The molecule has 2 fully saturated rings. The third-order valence-electron chi connectivity index (χ3n) is 5.03. The quantitative estimate of drug-likeness (QED) is 0.430. The van der Waals surface area contributed by atoms with Crippen LogP contribution in [0.3, 0.4) is 0 Å². The lowest BCUT2D eigenvalue weighted by Gasteiger charge is -2.37. The van der Waals surface area contributed by atoms with Crippen molar-refractivity contribution in [2.45, 2.75) is 31.7 Å². The third-order valence-corrected chi connectivity index (χ3v) is 5.03. The number of benzene rings is 1. The molecule has 1 saturated carbocycles. The number of ether oxygens (including phenoxy) is 1. The number of nitrogens with zero attached hydrogens (tertiary/aromatic N) is 3. The van der Waals surface area contributed by atoms with Gasteiger partial charge >= 0.3 is 0 Å². The molecule has 2 N–H and O–H groups in total. The minimum Gasteiger partial charge on any atom is -0.497 e. The van der Waals surface area contributed by atoms with E-state index in [4.69, 9.17) is 4.74 Å². The number of methoxy groups -OCH3 is 1. The molecule has 1 aromatic rings. The van der Waals surface area contributed by atoms with Crippen LogP contribution in [-0.4, -0.2) is 69.7 Å². The largest absolute Gasteiger partial charge is 0.497 e. The van der Waals surface area contributed by atoms with Crippen LogP contribution >= 0.6 is 0 Å². The van der Waals surface area contributed by atoms with Crippen molar-refractivity contribution in [3.63, 3.8) is 0 Å². The average molecular weight is 374 g/mol. The number of nitrogens with one attached hydrogen (secondary N) is 2. The van der Waals surface area contributed by atoms with E-state index in [0.29, 0.717) is 12.5 Å². The molecule has 0 spiro atoms. The maximum atomic E-state index is 11.7. The Hall–Kier alpha value is -2.44. The van der Waals surface area contributed by atoms with E-state index in [0.717, 1.165) is 63.7 Å². The average Bonchev–Trinajstić information content (AvgIpc) is 3.52. The molecule has 0 atom stereocenters. The molecule has 7 nitrogen and oxygen atoms in total. The van der Waals surface area contributed by atoms with Crippen molar-refractivity contribution in [2.24, 2.45) is 4.99 Å². The fourth-order valence-corrected chi connectivity index (χ4v) is 3.28. The Morgan fingerprint density at radius 1 is 1.19 bits per heavy atom. The number of carbonyl (C=O) groups excluding carboxylic acids is 1. The summed E-state index contributed by atoms with van der Waals surface area (Å²) in [5.74, 6) is 1.97. The van der Waals surface area contributed by atoms with Gasteiger partial charge in [-0.05, 0) is 43.5 Å². The summed E-state index contributed by atoms with van der Waals surface area (Å²) < 4.78 is 5.23. The van der Waals surface area contributed by atoms with Crippen LogP contribution in [-0.2, 0) is 4.79 Å². The van der Waals surface area contributed by atoms with Gasteiger partial charge in [0.15, 0.2) is 5.96 Å². The molecule has 0 bridgehead atoms. The first-order valence-corrected chi connectivity index (χ1v) is 9.83. The number of piperazine rings is 1. The maximum absolute atomic E-state index is 11.7. The van der Waals surface area contributed by atoms with Crippen molar-refractivity contribution in [3.8, 4) is 5.75 Å². The summed E-state index contributed by atoms with van der Waals surface area (Å²) in [6, 6.07) is 8.66. The Labute approximate surface area is 161 Å². The summed E-state index contributed by atoms with van der Waals surface area (Å²) in [5, 5.41) is 6.42. The number of guanidine groups is 1. The van der Waals surface area contributed by atoms with Gasteiger partial charge in [0.05, 0.1) is 7.11 Å². The molecule has 0 radical (unpaired) electrons. The molecular weight excluding hydrogens is 342 g/mol. The Bertz CT molecular complexity index is 634. The first-order chi connectivity index (χ1) is 13.2. The van der Waals surface area contributed by atoms with E-state index in [1.165, 1.54) is 5.69 Å². The van der Waals surface area contributed by atoms with Crippen LogP contribution < -0.4 is 20.3 Å². The standard InChI is InChI=1S/C20H31N5O2/c1-21-20(22-11-3-4-19(26)23-16-5-6-16)25-14-12-24(13-15-25)17-7-9-18(27-2)10-8-17/h7-10,16H,3-6,11-15H2,1-2H3,(H,21,22)(H,23,26). The first-order valence-electron chi connectivity index (χ1n) is 9.83. The van der Waals surface area contributed by atoms with Gasteiger partial charge in [0, 0.05) is 57.9 Å². The monoisotopic (exact) mass is 373 g/mol. The molecular formula is C20H31N5O2. The van der Waals surface area contributed by atoms with Gasteiger partial charge in [-0.25, -0.2) is 0 Å². The second kappa shape index (κ2) is 9.48. The van der Waals surface area contributed by atoms with Crippen molar-refractivity contribution in [1.29, 1.82) is 0 Å². The minimum atomic E-state index is 0.169. The SMILES string of the molecule is CN=C(NCCCC(=O)NC1CC1)N1CCN(c2ccc(OC)cc2)CC1. The molecule has 3 rings (SSSR count). The molecule has 1 amide bonds. The van der Waals surface area contributed by atoms with Crippen LogP contribution in [0.15, 0.2) is 29.3 Å². The van der Waals surface area contributed by atoms with Gasteiger partial charge in [0.1, 0.15) is 5.75 Å². The van der Waals surface area contributed by atoms with Gasteiger partial charge in [-0.2, -0.15) is 0 Å². The summed E-state index contributed by atoms with van der Waals surface area (Å²) in [5.41, 5.74) is 1.22. The summed E-state index contributed by atoms with van der Waals surface area (Å²) in [4.78, 5) is 20.8. The third kappa shape index (κ3) is 5.77. The Kier molecular flexibility index (Phi) is 6.79. The molecule has 1 heterocycles. The van der Waals surface area contributed by atoms with E-state index in [1.54, 1.807) is 7.11 Å². The molecule has 0 aromatic heterocycles. The summed E-state index contributed by atoms with van der Waals surface area (Å²) in [7, 11) is 3.50. The molecule has 1 saturated heterocycles. The van der Waals surface area contributed by atoms with Crippen molar-refractivity contribution < 1.29 is 9.53 Å². The molecule has 1 aliphatic carbocycles. The van der Waals surface area contributed by atoms with Gasteiger partial charge in [-0.3, -0.25) is 9.79 Å². The highest BCUT2D eigenvalue weighted by Crippen LogP contribution is 2.20. The van der Waals surface area contributed by atoms with Gasteiger partial charge in [-0.1, -0.05) is 0 Å². The van der Waals surface area contributed by atoms with Crippen LogP contribution in [0.1, 0.15) is 25.7 Å². The first kappa shape index (κ1) is 19.3. The van der Waals surface area contributed by atoms with Crippen molar-refractivity contribution in [2.75, 3.05) is 51.8 Å². The number of hydrogen-bond donors (Lipinski definition) is 2. The fraction of sp³-hybridized carbons (Fsp3) is 0.600. The lowest BCUT2D eigenvalue weighted by Crippen LogP contribution is -2.52. The second-order valence-corrected chi connectivity index (χ2v) is 7.09. The number of rotatable bonds is 7. The topological polar surface area (TPSA) is 69.2 Å². The number of anilines is 1. The Morgan fingerprint density at radius 3 is 2.48 bits per heavy atom. The van der Waals surface area contributed by atoms with Crippen LogP contribution in [0.2, 0.25) is 0 Å². The highest BCUT2D eigenvalue weighted by Gasteiger charge is 2.23. The number of aliphatic imine (C=N–C) groups is 1.